The molecular formula is C11H14F3N3OS. The first-order valence-corrected chi connectivity index (χ1v) is 6.90. The predicted molar refractivity (Wildman–Crippen MR) is 65.7 cm³/mol. The van der Waals surface area contributed by atoms with Gasteiger partial charge in [-0.25, -0.2) is 4.98 Å². The largest absolute Gasteiger partial charge is 0.406 e. The monoisotopic (exact) mass is 293 g/mol. The Morgan fingerprint density at radius 1 is 1.53 bits per heavy atom. The highest BCUT2D eigenvalue weighted by Gasteiger charge is 2.42. The highest BCUT2D eigenvalue weighted by Crippen LogP contribution is 2.40. The zero-order valence-corrected chi connectivity index (χ0v) is 11.4. The minimum absolute atomic E-state index is 0.0640. The number of hydrogen-bond donors (Lipinski definition) is 1. The van der Waals surface area contributed by atoms with E-state index in [1.54, 1.807) is 6.92 Å². The molecule has 0 radical (unpaired) electrons. The molecule has 0 aliphatic carbocycles. The van der Waals surface area contributed by atoms with Gasteiger partial charge < -0.3 is 9.88 Å². The SMILES string of the molecule is CCc1nc(C2SCC(=O)N2CC(F)(F)F)c(C)[nH]1. The van der Waals surface area contributed by atoms with Crippen molar-refractivity contribution < 1.29 is 18.0 Å². The van der Waals surface area contributed by atoms with Gasteiger partial charge in [0.05, 0.1) is 11.4 Å². The fraction of sp³-hybridized carbons (Fsp3) is 0.636. The molecule has 0 aromatic carbocycles. The van der Waals surface area contributed by atoms with Gasteiger partial charge in [-0.3, -0.25) is 4.79 Å². The summed E-state index contributed by atoms with van der Waals surface area (Å²) in [6, 6.07) is 0. The Labute approximate surface area is 112 Å². The van der Waals surface area contributed by atoms with Crippen LogP contribution in [-0.4, -0.2) is 39.2 Å². The number of aryl methyl sites for hydroxylation is 2. The minimum Gasteiger partial charge on any atom is -0.346 e. The molecular weight excluding hydrogens is 279 g/mol. The van der Waals surface area contributed by atoms with E-state index >= 15 is 0 Å². The summed E-state index contributed by atoms with van der Waals surface area (Å²) in [6.45, 7) is 2.44. The summed E-state index contributed by atoms with van der Waals surface area (Å²) >= 11 is 1.18. The molecule has 106 valence electrons. The summed E-state index contributed by atoms with van der Waals surface area (Å²) in [5.74, 6) is 0.293. The van der Waals surface area contributed by atoms with Crippen molar-refractivity contribution in [2.24, 2.45) is 0 Å². The van der Waals surface area contributed by atoms with Gasteiger partial charge in [-0.05, 0) is 6.92 Å². The van der Waals surface area contributed by atoms with Crippen LogP contribution in [0.2, 0.25) is 0 Å². The van der Waals surface area contributed by atoms with E-state index in [9.17, 15) is 18.0 Å². The van der Waals surface area contributed by atoms with E-state index in [0.29, 0.717) is 12.1 Å². The third-order valence-electron chi connectivity index (χ3n) is 2.86. The van der Waals surface area contributed by atoms with E-state index in [4.69, 9.17) is 0 Å². The lowest BCUT2D eigenvalue weighted by atomic mass is 10.3. The van der Waals surface area contributed by atoms with Crippen LogP contribution in [-0.2, 0) is 11.2 Å². The second-order valence-corrected chi connectivity index (χ2v) is 5.42. The second-order valence-electron chi connectivity index (χ2n) is 4.35. The number of thioether (sulfide) groups is 1. The van der Waals surface area contributed by atoms with Gasteiger partial charge in [0.15, 0.2) is 0 Å². The van der Waals surface area contributed by atoms with Gasteiger partial charge in [0.2, 0.25) is 5.91 Å². The van der Waals surface area contributed by atoms with Crippen LogP contribution in [0.4, 0.5) is 13.2 Å². The Morgan fingerprint density at radius 3 is 2.74 bits per heavy atom. The number of imidazole rings is 1. The highest BCUT2D eigenvalue weighted by atomic mass is 32.2. The van der Waals surface area contributed by atoms with Crippen molar-refractivity contribution in [2.45, 2.75) is 31.8 Å². The number of aromatic amines is 1. The molecule has 4 nitrogen and oxygen atoms in total. The molecule has 0 spiro atoms. The first-order valence-electron chi connectivity index (χ1n) is 5.85. The molecule has 8 heteroatoms. The number of nitrogens with zero attached hydrogens (tertiary/aromatic N) is 2. The van der Waals surface area contributed by atoms with Crippen LogP contribution < -0.4 is 0 Å². The number of amides is 1. The lowest BCUT2D eigenvalue weighted by Crippen LogP contribution is -2.37. The maximum absolute atomic E-state index is 12.5. The number of hydrogen-bond acceptors (Lipinski definition) is 3. The highest BCUT2D eigenvalue weighted by molar-refractivity contribution is 8.00. The Balaban J connectivity index is 2.26. The van der Waals surface area contributed by atoms with E-state index in [1.165, 1.54) is 11.8 Å². The number of carbonyl (C=O) groups is 1. The maximum Gasteiger partial charge on any atom is 0.406 e. The van der Waals surface area contributed by atoms with E-state index in [-0.39, 0.29) is 5.75 Å². The number of halogens is 3. The quantitative estimate of drug-likeness (QED) is 0.931. The van der Waals surface area contributed by atoms with Gasteiger partial charge in [0.25, 0.3) is 0 Å². The summed E-state index contributed by atoms with van der Waals surface area (Å²) in [5.41, 5.74) is 1.24. The van der Waals surface area contributed by atoms with Crippen molar-refractivity contribution in [1.29, 1.82) is 0 Å². The third kappa shape index (κ3) is 3.05. The van der Waals surface area contributed by atoms with Crippen molar-refractivity contribution in [3.8, 4) is 0 Å². The van der Waals surface area contributed by atoms with Crippen LogP contribution in [0.5, 0.6) is 0 Å². The average molecular weight is 293 g/mol. The van der Waals surface area contributed by atoms with Gasteiger partial charge in [0, 0.05) is 12.1 Å². The molecule has 1 aliphatic rings. The first kappa shape index (κ1) is 14.2. The van der Waals surface area contributed by atoms with Crippen molar-refractivity contribution in [1.82, 2.24) is 14.9 Å². The zero-order valence-electron chi connectivity index (χ0n) is 10.5. The third-order valence-corrected chi connectivity index (χ3v) is 4.07. The Kier molecular flexibility index (Phi) is 3.80. The van der Waals surface area contributed by atoms with Crippen molar-refractivity contribution in [2.75, 3.05) is 12.3 Å². The van der Waals surface area contributed by atoms with E-state index in [2.05, 4.69) is 9.97 Å². The van der Waals surface area contributed by atoms with Crippen molar-refractivity contribution in [3.05, 3.63) is 17.2 Å². The molecule has 1 N–H and O–H groups in total. The predicted octanol–water partition coefficient (Wildman–Crippen LogP) is 2.42. The number of aromatic nitrogens is 2. The number of H-pyrrole nitrogens is 1. The molecule has 1 unspecified atom stereocenters. The number of alkyl halides is 3. The molecule has 1 atom stereocenters. The summed E-state index contributed by atoms with van der Waals surface area (Å²) < 4.78 is 37.5. The molecule has 1 aliphatic heterocycles. The summed E-state index contributed by atoms with van der Waals surface area (Å²) in [6.07, 6.45) is -3.72. The fourth-order valence-electron chi connectivity index (χ4n) is 1.99. The van der Waals surface area contributed by atoms with Crippen molar-refractivity contribution >= 4 is 17.7 Å². The maximum atomic E-state index is 12.5. The molecule has 19 heavy (non-hydrogen) atoms. The molecule has 2 rings (SSSR count). The Bertz CT molecular complexity index is 486. The average Bonchev–Trinajstić information content (AvgIpc) is 2.82. The van der Waals surface area contributed by atoms with Crippen LogP contribution in [0.1, 0.15) is 29.5 Å². The molecule has 1 fully saturated rings. The van der Waals surface area contributed by atoms with Crippen LogP contribution in [0.15, 0.2) is 0 Å². The lowest BCUT2D eigenvalue weighted by Gasteiger charge is -2.24. The van der Waals surface area contributed by atoms with Crippen LogP contribution in [0, 0.1) is 6.92 Å². The molecule has 2 heterocycles. The van der Waals surface area contributed by atoms with E-state index in [0.717, 1.165) is 16.4 Å². The number of rotatable bonds is 3. The van der Waals surface area contributed by atoms with Crippen LogP contribution in [0.3, 0.4) is 0 Å². The van der Waals surface area contributed by atoms with Gasteiger partial charge >= 0.3 is 6.18 Å². The molecule has 1 aromatic heterocycles. The number of nitrogens with one attached hydrogen (secondary N) is 1. The van der Waals surface area contributed by atoms with E-state index in [1.807, 2.05) is 6.92 Å². The molecule has 0 bridgehead atoms. The van der Waals surface area contributed by atoms with Crippen LogP contribution in [0.25, 0.3) is 0 Å². The summed E-state index contributed by atoms with van der Waals surface area (Å²) in [7, 11) is 0. The van der Waals surface area contributed by atoms with Gasteiger partial charge in [-0.15, -0.1) is 11.8 Å². The molecule has 1 amide bonds. The van der Waals surface area contributed by atoms with Crippen molar-refractivity contribution in [3.63, 3.8) is 0 Å². The first-order chi connectivity index (χ1) is 8.81. The summed E-state index contributed by atoms with van der Waals surface area (Å²) in [4.78, 5) is 19.8. The smallest absolute Gasteiger partial charge is 0.346 e. The standard InChI is InChI=1S/C11H14F3N3OS/c1-3-7-15-6(2)9(16-7)10-17(5-11(12,13)14)8(18)4-19-10/h10H,3-5H2,1-2H3,(H,15,16). The normalized spacial score (nSPS) is 20.4. The Hall–Kier alpha value is -1.18. The second kappa shape index (κ2) is 5.07. The fourth-order valence-corrected chi connectivity index (χ4v) is 3.22. The molecule has 1 aromatic rings. The zero-order chi connectivity index (χ0) is 14.2. The molecule has 0 saturated carbocycles. The topological polar surface area (TPSA) is 49.0 Å². The Morgan fingerprint density at radius 2 is 2.21 bits per heavy atom. The lowest BCUT2D eigenvalue weighted by molar-refractivity contribution is -0.160. The molecule has 1 saturated heterocycles. The van der Waals surface area contributed by atoms with Gasteiger partial charge in [-0.1, -0.05) is 6.92 Å². The van der Waals surface area contributed by atoms with Crippen LogP contribution >= 0.6 is 11.8 Å². The van der Waals surface area contributed by atoms with Gasteiger partial charge in [0.1, 0.15) is 17.7 Å². The number of carbonyl (C=O) groups excluding carboxylic acids is 1. The van der Waals surface area contributed by atoms with Gasteiger partial charge in [-0.2, -0.15) is 13.2 Å². The minimum atomic E-state index is -4.39. The summed E-state index contributed by atoms with van der Waals surface area (Å²) in [5, 5.41) is -0.648. The van der Waals surface area contributed by atoms with E-state index < -0.39 is 24.0 Å².